The third kappa shape index (κ3) is 5.25. The molecule has 16 rings (SSSR count). The van der Waals surface area contributed by atoms with E-state index in [2.05, 4.69) is 253 Å². The van der Waals surface area contributed by atoms with Crippen LogP contribution in [-0.2, 0) is 0 Å². The lowest BCUT2D eigenvalue weighted by Crippen LogP contribution is -2.13. The molecule has 8 nitrogen and oxygen atoms in total. The SMILES string of the molecule is c1cc(-n2c3ccccc3c3ccccc32)cc(-n2c3ccccc3c3ccc4c5ccccc5n(-c5nc(-n6c7ccccc7c7ccccc76)nc(-n6c7ccccc7c7ccccc76)n5)c4c32)c1. The second-order valence-corrected chi connectivity index (χ2v) is 18.4. The van der Waals surface area contributed by atoms with Crippen molar-refractivity contribution in [3.05, 3.63) is 231 Å². The Labute approximate surface area is 404 Å². The van der Waals surface area contributed by atoms with E-state index >= 15 is 0 Å². The number of nitrogens with zero attached hydrogens (tertiary/aromatic N) is 8. The molecule has 71 heavy (non-hydrogen) atoms. The average molecular weight is 907 g/mol. The first-order chi connectivity index (χ1) is 35.3. The summed E-state index contributed by atoms with van der Waals surface area (Å²) in [7, 11) is 0. The van der Waals surface area contributed by atoms with Gasteiger partial charge in [-0.2, -0.15) is 15.0 Å². The van der Waals surface area contributed by atoms with Crippen molar-refractivity contribution in [3.63, 3.8) is 0 Å². The molecule has 0 atom stereocenters. The smallest absolute Gasteiger partial charge is 0.241 e. The molecule has 0 saturated heterocycles. The molecular weight excluding hydrogens is 869 g/mol. The van der Waals surface area contributed by atoms with E-state index in [1.54, 1.807) is 0 Å². The van der Waals surface area contributed by atoms with Crippen LogP contribution in [0.2, 0.25) is 0 Å². The average Bonchev–Trinajstić information content (AvgIpc) is 4.23. The molecule has 6 aromatic heterocycles. The molecule has 16 aromatic rings. The van der Waals surface area contributed by atoms with Crippen LogP contribution in [0.5, 0.6) is 0 Å². The molecule has 10 aromatic carbocycles. The molecule has 0 saturated carbocycles. The van der Waals surface area contributed by atoms with Crippen molar-refractivity contribution in [2.45, 2.75) is 0 Å². The Morgan fingerprint density at radius 3 is 0.817 bits per heavy atom. The van der Waals surface area contributed by atoms with E-state index in [4.69, 9.17) is 15.0 Å². The molecule has 0 spiro atoms. The van der Waals surface area contributed by atoms with Gasteiger partial charge in [0.1, 0.15) is 0 Å². The zero-order valence-corrected chi connectivity index (χ0v) is 38.0. The van der Waals surface area contributed by atoms with Crippen molar-refractivity contribution in [3.8, 4) is 29.2 Å². The first-order valence-corrected chi connectivity index (χ1v) is 24.0. The van der Waals surface area contributed by atoms with Crippen molar-refractivity contribution < 1.29 is 0 Å². The van der Waals surface area contributed by atoms with Gasteiger partial charge in [0.05, 0.1) is 55.2 Å². The van der Waals surface area contributed by atoms with E-state index in [-0.39, 0.29) is 0 Å². The van der Waals surface area contributed by atoms with Gasteiger partial charge >= 0.3 is 0 Å². The maximum atomic E-state index is 5.64. The first-order valence-electron chi connectivity index (χ1n) is 24.0. The van der Waals surface area contributed by atoms with Gasteiger partial charge in [0.15, 0.2) is 0 Å². The lowest BCUT2D eigenvalue weighted by molar-refractivity contribution is 0.848. The summed E-state index contributed by atoms with van der Waals surface area (Å²) in [6, 6.07) is 82.5. The molecule has 0 aliphatic carbocycles. The van der Waals surface area contributed by atoms with Gasteiger partial charge in [-0.05, 0) is 66.7 Å². The lowest BCUT2D eigenvalue weighted by atomic mass is 10.1. The van der Waals surface area contributed by atoms with Crippen LogP contribution in [0.15, 0.2) is 231 Å². The lowest BCUT2D eigenvalue weighted by Gasteiger charge is -2.15. The summed E-state index contributed by atoms with van der Waals surface area (Å²) in [4.78, 5) is 16.8. The van der Waals surface area contributed by atoms with E-state index in [0.717, 1.165) is 98.6 Å². The van der Waals surface area contributed by atoms with E-state index in [1.807, 2.05) is 0 Å². The summed E-state index contributed by atoms with van der Waals surface area (Å²) in [5.41, 5.74) is 12.7. The van der Waals surface area contributed by atoms with Gasteiger partial charge in [0.25, 0.3) is 0 Å². The number of hydrogen-bond acceptors (Lipinski definition) is 3. The quantitative estimate of drug-likeness (QED) is 0.173. The Balaban J connectivity index is 1.05. The predicted molar refractivity (Wildman–Crippen MR) is 292 cm³/mol. The Bertz CT molecular complexity index is 4610. The second-order valence-electron chi connectivity index (χ2n) is 18.4. The molecule has 0 amide bonds. The molecule has 330 valence electrons. The Kier molecular flexibility index (Phi) is 7.73. The largest absolute Gasteiger partial charge is 0.309 e. The first kappa shape index (κ1) is 38.2. The van der Waals surface area contributed by atoms with Crippen molar-refractivity contribution in [2.24, 2.45) is 0 Å². The number of fused-ring (bicyclic) bond motifs is 16. The van der Waals surface area contributed by atoms with Crippen LogP contribution >= 0.6 is 0 Å². The predicted octanol–water partition coefficient (Wildman–Crippen LogP) is 15.4. The van der Waals surface area contributed by atoms with E-state index in [0.29, 0.717) is 17.8 Å². The van der Waals surface area contributed by atoms with Crippen LogP contribution in [0.25, 0.3) is 138 Å². The molecule has 0 fully saturated rings. The molecular formula is C63H38N8. The van der Waals surface area contributed by atoms with Gasteiger partial charge in [-0.1, -0.05) is 164 Å². The topological polar surface area (TPSA) is 63.3 Å². The second kappa shape index (κ2) is 14.4. The number of hydrogen-bond donors (Lipinski definition) is 0. The van der Waals surface area contributed by atoms with E-state index in [1.165, 1.54) is 21.8 Å². The van der Waals surface area contributed by atoms with Gasteiger partial charge in [0.2, 0.25) is 17.8 Å². The summed E-state index contributed by atoms with van der Waals surface area (Å²) in [6.45, 7) is 0. The minimum absolute atomic E-state index is 0.517. The third-order valence-electron chi connectivity index (χ3n) is 14.8. The highest BCUT2D eigenvalue weighted by molar-refractivity contribution is 6.24. The molecule has 0 bridgehead atoms. The molecule has 0 aliphatic rings. The van der Waals surface area contributed by atoms with Crippen LogP contribution in [0.3, 0.4) is 0 Å². The number of para-hydroxylation sites is 8. The standard InChI is InChI=1S/C63H38N8/c1-9-28-51-41(20-1)42-21-2-10-29-52(42)67(51)39-18-17-19-40(38-39)68-53-30-11-7-26-47(53)49-36-37-50-48-27-8-16-35-58(48)71(60(50)59(49)68)63-65-61(69-54-31-12-3-22-43(54)44-23-4-13-32-55(44)69)64-62(66-63)70-56-33-14-5-24-45(56)46-25-6-15-34-57(46)70/h1-38H. The summed E-state index contributed by atoms with van der Waals surface area (Å²) >= 11 is 0. The van der Waals surface area contributed by atoms with Gasteiger partial charge in [-0.3, -0.25) is 13.7 Å². The number of rotatable bonds is 5. The van der Waals surface area contributed by atoms with Crippen LogP contribution in [0.4, 0.5) is 0 Å². The Morgan fingerprint density at radius 2 is 0.451 bits per heavy atom. The molecule has 6 heterocycles. The highest BCUT2D eigenvalue weighted by atomic mass is 15.3. The van der Waals surface area contributed by atoms with Crippen molar-refractivity contribution in [1.29, 1.82) is 0 Å². The monoisotopic (exact) mass is 906 g/mol. The number of aromatic nitrogens is 8. The summed E-state index contributed by atoms with van der Waals surface area (Å²) in [5.74, 6) is 1.58. The maximum absolute atomic E-state index is 5.64. The van der Waals surface area contributed by atoms with Crippen molar-refractivity contribution in [2.75, 3.05) is 0 Å². The molecule has 0 radical (unpaired) electrons. The zero-order chi connectivity index (χ0) is 46.3. The third-order valence-corrected chi connectivity index (χ3v) is 14.8. The maximum Gasteiger partial charge on any atom is 0.241 e. The van der Waals surface area contributed by atoms with E-state index < -0.39 is 0 Å². The molecule has 0 unspecified atom stereocenters. The minimum atomic E-state index is 0.517. The molecule has 8 heteroatoms. The molecule has 0 N–H and O–H groups in total. The summed E-state index contributed by atoms with van der Waals surface area (Å²) in [6.07, 6.45) is 0. The van der Waals surface area contributed by atoms with Crippen LogP contribution < -0.4 is 0 Å². The summed E-state index contributed by atoms with van der Waals surface area (Å²) < 4.78 is 11.5. The van der Waals surface area contributed by atoms with Crippen molar-refractivity contribution in [1.82, 2.24) is 37.8 Å². The fourth-order valence-electron chi connectivity index (χ4n) is 11.9. The molecule has 0 aliphatic heterocycles. The normalized spacial score (nSPS) is 12.2. The van der Waals surface area contributed by atoms with Crippen LogP contribution in [0.1, 0.15) is 0 Å². The highest BCUT2D eigenvalue weighted by Crippen LogP contribution is 2.43. The van der Waals surface area contributed by atoms with Crippen LogP contribution in [-0.4, -0.2) is 37.8 Å². The highest BCUT2D eigenvalue weighted by Gasteiger charge is 2.26. The Hall–Kier alpha value is -9.79. The van der Waals surface area contributed by atoms with Gasteiger partial charge in [-0.25, -0.2) is 0 Å². The van der Waals surface area contributed by atoms with Gasteiger partial charge < -0.3 is 9.13 Å². The minimum Gasteiger partial charge on any atom is -0.309 e. The Morgan fingerprint density at radius 1 is 0.197 bits per heavy atom. The summed E-state index contributed by atoms with van der Waals surface area (Å²) in [5, 5.41) is 11.5. The van der Waals surface area contributed by atoms with Gasteiger partial charge in [0, 0.05) is 65.2 Å². The fraction of sp³-hybridized carbons (Fsp3) is 0. The van der Waals surface area contributed by atoms with Crippen molar-refractivity contribution >= 4 is 109 Å². The zero-order valence-electron chi connectivity index (χ0n) is 38.0. The van der Waals surface area contributed by atoms with Gasteiger partial charge in [-0.15, -0.1) is 0 Å². The van der Waals surface area contributed by atoms with Crippen LogP contribution in [0, 0.1) is 0 Å². The fourth-order valence-corrected chi connectivity index (χ4v) is 11.9. The van der Waals surface area contributed by atoms with E-state index in [9.17, 15) is 0 Å². The number of benzene rings is 10.